The summed E-state index contributed by atoms with van der Waals surface area (Å²) in [4.78, 5) is 15.7. The Morgan fingerprint density at radius 1 is 1.17 bits per heavy atom. The van der Waals surface area contributed by atoms with E-state index in [0.717, 1.165) is 18.9 Å². The second-order valence-corrected chi connectivity index (χ2v) is 11.8. The number of halogens is 4. The number of ether oxygens (including phenoxy) is 2. The summed E-state index contributed by atoms with van der Waals surface area (Å²) in [6, 6.07) is 6.11. The normalized spacial score (nSPS) is 28.0. The molecule has 2 heterocycles. The fourth-order valence-electron chi connectivity index (χ4n) is 5.81. The number of anilines is 1. The summed E-state index contributed by atoms with van der Waals surface area (Å²) in [6.07, 6.45) is -2.20. The van der Waals surface area contributed by atoms with Gasteiger partial charge in [-0.1, -0.05) is 45.6 Å². The summed E-state index contributed by atoms with van der Waals surface area (Å²) in [6.45, 7) is -0.642. The lowest BCUT2D eigenvalue weighted by atomic mass is 9.88. The highest BCUT2D eigenvalue weighted by Crippen LogP contribution is 2.37. The molecule has 3 N–H and O–H groups in total. The molecule has 2 aromatic carbocycles. The molecule has 226 valence electrons. The Labute approximate surface area is 253 Å². The largest absolute Gasteiger partial charge is 0.394 e. The number of hydrogen-bond acceptors (Lipinski definition) is 8. The number of carbonyl (C=O) groups is 1. The molecule has 0 bridgehead atoms. The predicted molar refractivity (Wildman–Crippen MR) is 152 cm³/mol. The van der Waals surface area contributed by atoms with E-state index >= 15 is 0 Å². The quantitative estimate of drug-likeness (QED) is 0.347. The maximum Gasteiger partial charge on any atom is 0.259 e. The first-order chi connectivity index (χ1) is 20.1. The van der Waals surface area contributed by atoms with Gasteiger partial charge in [0.2, 0.25) is 0 Å². The lowest BCUT2D eigenvalue weighted by Gasteiger charge is -2.46. The van der Waals surface area contributed by atoms with Crippen LogP contribution in [0.1, 0.15) is 31.7 Å². The Morgan fingerprint density at radius 2 is 1.90 bits per heavy atom. The summed E-state index contributed by atoms with van der Waals surface area (Å²) >= 11 is 9.28. The molecule has 2 aliphatic rings. The van der Waals surface area contributed by atoms with E-state index in [1.165, 1.54) is 47.2 Å². The van der Waals surface area contributed by atoms with Gasteiger partial charge in [0.05, 0.1) is 24.9 Å². The minimum atomic E-state index is -1.41. The van der Waals surface area contributed by atoms with E-state index in [-0.39, 0.29) is 16.4 Å². The Hall–Kier alpha value is -2.52. The molecule has 1 aliphatic heterocycles. The summed E-state index contributed by atoms with van der Waals surface area (Å²) in [5.74, 6) is -1.82. The molecule has 5 unspecified atom stereocenters. The van der Waals surface area contributed by atoms with Gasteiger partial charge < -0.3 is 29.7 Å². The zero-order valence-corrected chi connectivity index (χ0v) is 24.8. The van der Waals surface area contributed by atoms with Crippen LogP contribution in [0.15, 0.2) is 47.1 Å². The maximum atomic E-state index is 14.5. The van der Waals surface area contributed by atoms with Crippen LogP contribution < -0.4 is 4.90 Å². The molecule has 1 amide bonds. The third kappa shape index (κ3) is 6.23. The van der Waals surface area contributed by atoms with Gasteiger partial charge in [0.15, 0.2) is 6.10 Å². The van der Waals surface area contributed by atoms with Crippen molar-refractivity contribution in [3.8, 4) is 11.3 Å². The van der Waals surface area contributed by atoms with Gasteiger partial charge in [-0.05, 0) is 49.2 Å². The molecule has 1 aromatic heterocycles. The number of methoxy groups -OCH3 is 1. The monoisotopic (exact) mass is 670 g/mol. The number of benzene rings is 2. The van der Waals surface area contributed by atoms with Crippen molar-refractivity contribution in [2.24, 2.45) is 0 Å². The highest BCUT2D eigenvalue weighted by atomic mass is 79.9. The number of rotatable bonds is 7. The number of hydrogen-bond donors (Lipinski definition) is 3. The van der Waals surface area contributed by atoms with Crippen molar-refractivity contribution in [2.45, 2.75) is 68.3 Å². The minimum absolute atomic E-state index is 0.153. The molecular weight excluding hydrogens is 642 g/mol. The van der Waals surface area contributed by atoms with Gasteiger partial charge >= 0.3 is 0 Å². The Balaban J connectivity index is 1.55. The van der Waals surface area contributed by atoms with Crippen LogP contribution in [-0.4, -0.2) is 86.5 Å². The van der Waals surface area contributed by atoms with Crippen LogP contribution in [0.25, 0.3) is 11.3 Å². The molecule has 14 heteroatoms. The first-order valence-electron chi connectivity index (χ1n) is 13.4. The lowest BCUT2D eigenvalue weighted by molar-refractivity contribution is -0.211. The smallest absolute Gasteiger partial charge is 0.259 e. The molecule has 7 atom stereocenters. The number of aliphatic hydroxyl groups is 3. The van der Waals surface area contributed by atoms with E-state index in [4.69, 9.17) is 21.1 Å². The number of carbonyl (C=O) groups excluding carboxylic acids is 1. The van der Waals surface area contributed by atoms with Crippen molar-refractivity contribution in [1.29, 1.82) is 0 Å². The van der Waals surface area contributed by atoms with Crippen LogP contribution in [0.2, 0.25) is 5.02 Å². The summed E-state index contributed by atoms with van der Waals surface area (Å²) in [7, 11) is 1.33. The van der Waals surface area contributed by atoms with Crippen LogP contribution in [0.5, 0.6) is 0 Å². The topological polar surface area (TPSA) is 130 Å². The zero-order chi connectivity index (χ0) is 30.1. The predicted octanol–water partition coefficient (Wildman–Crippen LogP) is 3.65. The SMILES string of the molecule is COC1C(C(=O)N(c2cc(F)cc(Br)c2)[C@H]2CCCC[C@@H]2O)OC(CO)C(O)C1n1cc(-c2cc(F)cc(Cl)c2)nn1. The standard InChI is InChI=1S/C28H30BrClF2N4O6/c1-41-26-24(35-12-20(33-34-35)14-6-16(30)10-17(31)7-14)25(39)23(13-37)42-27(26)28(40)36(21-4-2-3-5-22(21)38)19-9-15(29)8-18(32)11-19/h6-12,21-27,37-39H,2-5,13H2,1H3/t21-,22-,23?,24?,25?,26?,27?/m0/s1. The lowest BCUT2D eigenvalue weighted by Crippen LogP contribution is -2.63. The number of amides is 1. The highest BCUT2D eigenvalue weighted by molar-refractivity contribution is 9.10. The van der Waals surface area contributed by atoms with Gasteiger partial charge in [-0.15, -0.1) is 5.10 Å². The number of aromatic nitrogens is 3. The van der Waals surface area contributed by atoms with Gasteiger partial charge in [0.1, 0.15) is 41.7 Å². The van der Waals surface area contributed by atoms with Crippen molar-refractivity contribution < 1.29 is 38.4 Å². The first kappa shape index (κ1) is 30.9. The van der Waals surface area contributed by atoms with Crippen molar-refractivity contribution in [1.82, 2.24) is 15.0 Å². The van der Waals surface area contributed by atoms with Crippen molar-refractivity contribution in [3.63, 3.8) is 0 Å². The fourth-order valence-corrected chi connectivity index (χ4v) is 6.48. The Bertz CT molecular complexity index is 1390. The average Bonchev–Trinajstić information content (AvgIpc) is 3.43. The van der Waals surface area contributed by atoms with Crippen LogP contribution in [0.3, 0.4) is 0 Å². The molecular formula is C28H30BrClF2N4O6. The van der Waals surface area contributed by atoms with Gasteiger partial charge in [-0.3, -0.25) is 4.79 Å². The van der Waals surface area contributed by atoms with Gasteiger partial charge in [0, 0.05) is 27.9 Å². The highest BCUT2D eigenvalue weighted by Gasteiger charge is 2.52. The zero-order valence-electron chi connectivity index (χ0n) is 22.5. The van der Waals surface area contributed by atoms with E-state index in [1.54, 1.807) is 6.07 Å². The molecule has 5 rings (SSSR count). The van der Waals surface area contributed by atoms with E-state index in [9.17, 15) is 28.9 Å². The molecule has 2 fully saturated rings. The molecule has 3 aromatic rings. The van der Waals surface area contributed by atoms with E-state index < -0.39 is 66.8 Å². The van der Waals surface area contributed by atoms with Crippen LogP contribution >= 0.6 is 27.5 Å². The van der Waals surface area contributed by atoms with Crippen LogP contribution in [0.4, 0.5) is 14.5 Å². The summed E-state index contributed by atoms with van der Waals surface area (Å²) in [5.41, 5.74) is 0.776. The molecule has 42 heavy (non-hydrogen) atoms. The van der Waals surface area contributed by atoms with Gasteiger partial charge in [0.25, 0.3) is 5.91 Å². The second kappa shape index (κ2) is 13.0. The van der Waals surface area contributed by atoms with Gasteiger partial charge in [-0.2, -0.15) is 0 Å². The molecule has 1 saturated carbocycles. The minimum Gasteiger partial charge on any atom is -0.394 e. The number of nitrogens with zero attached hydrogens (tertiary/aromatic N) is 4. The fraction of sp³-hybridized carbons (Fsp3) is 0.464. The van der Waals surface area contributed by atoms with Crippen molar-refractivity contribution in [3.05, 3.63) is 63.7 Å². The molecule has 10 nitrogen and oxygen atoms in total. The van der Waals surface area contributed by atoms with Crippen LogP contribution in [-0.2, 0) is 14.3 Å². The average molecular weight is 672 g/mol. The third-order valence-electron chi connectivity index (χ3n) is 7.75. The van der Waals surface area contributed by atoms with E-state index in [0.29, 0.717) is 22.9 Å². The number of aliphatic hydroxyl groups excluding tert-OH is 3. The molecule has 1 aliphatic carbocycles. The summed E-state index contributed by atoms with van der Waals surface area (Å²) < 4.78 is 41.9. The second-order valence-electron chi connectivity index (χ2n) is 10.5. The summed E-state index contributed by atoms with van der Waals surface area (Å²) in [5, 5.41) is 40.6. The molecule has 0 spiro atoms. The van der Waals surface area contributed by atoms with Crippen LogP contribution in [0, 0.1) is 11.6 Å². The third-order valence-corrected chi connectivity index (χ3v) is 8.42. The van der Waals surface area contributed by atoms with E-state index in [1.807, 2.05) is 0 Å². The van der Waals surface area contributed by atoms with E-state index in [2.05, 4.69) is 26.2 Å². The van der Waals surface area contributed by atoms with Crippen molar-refractivity contribution in [2.75, 3.05) is 18.6 Å². The van der Waals surface area contributed by atoms with Gasteiger partial charge in [-0.25, -0.2) is 13.5 Å². The molecule has 1 saturated heterocycles. The Morgan fingerprint density at radius 3 is 2.57 bits per heavy atom. The maximum absolute atomic E-state index is 14.5. The Kier molecular flexibility index (Phi) is 9.57. The van der Waals surface area contributed by atoms with Crippen molar-refractivity contribution >= 4 is 39.1 Å². The first-order valence-corrected chi connectivity index (χ1v) is 14.6. The molecule has 0 radical (unpaired) electrons.